The van der Waals surface area contributed by atoms with Crippen LogP contribution in [0.5, 0.6) is 0 Å². The fourth-order valence-corrected chi connectivity index (χ4v) is 3.30. The van der Waals surface area contributed by atoms with Crippen molar-refractivity contribution < 1.29 is 4.79 Å². The van der Waals surface area contributed by atoms with Crippen LogP contribution in [0.25, 0.3) is 0 Å². The zero-order valence-electron chi connectivity index (χ0n) is 15.1. The van der Waals surface area contributed by atoms with Crippen LogP contribution in [0, 0.1) is 6.92 Å². The van der Waals surface area contributed by atoms with Crippen LogP contribution in [0.15, 0.2) is 42.7 Å². The van der Waals surface area contributed by atoms with Crippen LogP contribution in [0.3, 0.4) is 0 Å². The molecular formula is C20H26N4O. The maximum atomic E-state index is 12.6. The summed E-state index contributed by atoms with van der Waals surface area (Å²) in [5.74, 6) is 0.483. The maximum absolute atomic E-state index is 12.6. The van der Waals surface area contributed by atoms with Crippen LogP contribution in [0.2, 0.25) is 0 Å². The Labute approximate surface area is 149 Å². The SMILES string of the molecule is Cc1cnc(C(=O)N2CCCN(CC(C)c3ccccc3)CC2)cn1. The highest BCUT2D eigenvalue weighted by Crippen LogP contribution is 2.17. The van der Waals surface area contributed by atoms with E-state index in [1.165, 1.54) is 5.56 Å². The number of benzene rings is 1. The molecule has 0 N–H and O–H groups in total. The van der Waals surface area contributed by atoms with E-state index < -0.39 is 0 Å². The summed E-state index contributed by atoms with van der Waals surface area (Å²) in [7, 11) is 0. The molecule has 5 heteroatoms. The van der Waals surface area contributed by atoms with E-state index in [-0.39, 0.29) is 5.91 Å². The number of nitrogens with zero attached hydrogens (tertiary/aromatic N) is 4. The molecule has 1 saturated heterocycles. The van der Waals surface area contributed by atoms with Gasteiger partial charge >= 0.3 is 0 Å². The third-order valence-electron chi connectivity index (χ3n) is 4.78. The molecule has 0 radical (unpaired) electrons. The van der Waals surface area contributed by atoms with E-state index in [0.717, 1.165) is 44.8 Å². The number of aromatic nitrogens is 2. The zero-order chi connectivity index (χ0) is 17.6. The van der Waals surface area contributed by atoms with Crippen LogP contribution in [0.4, 0.5) is 0 Å². The van der Waals surface area contributed by atoms with Gasteiger partial charge in [-0.25, -0.2) is 4.98 Å². The molecule has 25 heavy (non-hydrogen) atoms. The number of carbonyl (C=O) groups excluding carboxylic acids is 1. The monoisotopic (exact) mass is 338 g/mol. The van der Waals surface area contributed by atoms with Gasteiger partial charge in [0.2, 0.25) is 0 Å². The summed E-state index contributed by atoms with van der Waals surface area (Å²) in [6, 6.07) is 10.6. The van der Waals surface area contributed by atoms with Gasteiger partial charge in [0.05, 0.1) is 11.9 Å². The molecule has 1 unspecified atom stereocenters. The second-order valence-electron chi connectivity index (χ2n) is 6.80. The van der Waals surface area contributed by atoms with Crippen molar-refractivity contribution in [3.63, 3.8) is 0 Å². The number of hydrogen-bond donors (Lipinski definition) is 0. The van der Waals surface area contributed by atoms with E-state index in [9.17, 15) is 4.79 Å². The Kier molecular flexibility index (Phi) is 5.76. The highest BCUT2D eigenvalue weighted by molar-refractivity contribution is 5.92. The van der Waals surface area contributed by atoms with E-state index >= 15 is 0 Å². The van der Waals surface area contributed by atoms with Gasteiger partial charge < -0.3 is 9.80 Å². The summed E-state index contributed by atoms with van der Waals surface area (Å²) in [6.45, 7) is 8.63. The fraction of sp³-hybridized carbons (Fsp3) is 0.450. The molecule has 3 rings (SSSR count). The van der Waals surface area contributed by atoms with Gasteiger partial charge in [0.25, 0.3) is 5.91 Å². The zero-order valence-corrected chi connectivity index (χ0v) is 15.1. The lowest BCUT2D eigenvalue weighted by Crippen LogP contribution is -2.36. The van der Waals surface area contributed by atoms with Gasteiger partial charge in [-0.2, -0.15) is 0 Å². The normalized spacial score (nSPS) is 17.1. The Morgan fingerprint density at radius 1 is 1.08 bits per heavy atom. The molecule has 1 amide bonds. The molecule has 2 heterocycles. The molecule has 2 aromatic rings. The summed E-state index contributed by atoms with van der Waals surface area (Å²) >= 11 is 0. The van der Waals surface area contributed by atoms with E-state index in [2.05, 4.69) is 52.1 Å². The minimum absolute atomic E-state index is 0.00884. The van der Waals surface area contributed by atoms with Crippen LogP contribution < -0.4 is 0 Å². The average Bonchev–Trinajstić information content (AvgIpc) is 2.88. The van der Waals surface area contributed by atoms with Crippen molar-refractivity contribution in [2.75, 3.05) is 32.7 Å². The summed E-state index contributed by atoms with van der Waals surface area (Å²) in [4.78, 5) is 25.4. The minimum atomic E-state index is -0.00884. The standard InChI is InChI=1S/C20H26N4O/c1-16(18-7-4-3-5-8-18)15-23-9-6-10-24(12-11-23)20(25)19-14-21-17(2)13-22-19/h3-5,7-8,13-14,16H,6,9-12,15H2,1-2H3. The number of aryl methyl sites for hydroxylation is 1. The molecule has 5 nitrogen and oxygen atoms in total. The van der Waals surface area contributed by atoms with Crippen molar-refractivity contribution in [2.24, 2.45) is 0 Å². The topological polar surface area (TPSA) is 49.3 Å². The van der Waals surface area contributed by atoms with Gasteiger partial charge in [-0.05, 0) is 31.4 Å². The van der Waals surface area contributed by atoms with E-state index in [0.29, 0.717) is 11.6 Å². The van der Waals surface area contributed by atoms with Crippen molar-refractivity contribution in [3.05, 3.63) is 59.7 Å². The predicted octanol–water partition coefficient (Wildman–Crippen LogP) is 2.74. The molecule has 0 aliphatic carbocycles. The molecule has 1 aromatic heterocycles. The first-order valence-corrected chi connectivity index (χ1v) is 8.98. The van der Waals surface area contributed by atoms with Gasteiger partial charge in [-0.3, -0.25) is 9.78 Å². The fourth-order valence-electron chi connectivity index (χ4n) is 3.30. The highest BCUT2D eigenvalue weighted by atomic mass is 16.2. The van der Waals surface area contributed by atoms with E-state index in [1.54, 1.807) is 12.4 Å². The number of rotatable bonds is 4. The third kappa shape index (κ3) is 4.63. The van der Waals surface area contributed by atoms with Gasteiger partial charge in [0.1, 0.15) is 5.69 Å². The van der Waals surface area contributed by atoms with Crippen molar-refractivity contribution in [1.29, 1.82) is 0 Å². The van der Waals surface area contributed by atoms with Crippen molar-refractivity contribution in [3.8, 4) is 0 Å². The van der Waals surface area contributed by atoms with Crippen LogP contribution >= 0.6 is 0 Å². The lowest BCUT2D eigenvalue weighted by atomic mass is 10.0. The smallest absolute Gasteiger partial charge is 0.274 e. The summed E-state index contributed by atoms with van der Waals surface area (Å²) in [6.07, 6.45) is 4.23. The molecule has 1 aliphatic rings. The number of hydrogen-bond acceptors (Lipinski definition) is 4. The Bertz CT molecular complexity index is 687. The third-order valence-corrected chi connectivity index (χ3v) is 4.78. The first-order chi connectivity index (χ1) is 12.1. The Hall–Kier alpha value is -2.27. The maximum Gasteiger partial charge on any atom is 0.274 e. The highest BCUT2D eigenvalue weighted by Gasteiger charge is 2.22. The lowest BCUT2D eigenvalue weighted by molar-refractivity contribution is 0.0755. The Morgan fingerprint density at radius 3 is 2.60 bits per heavy atom. The van der Waals surface area contributed by atoms with Crippen LogP contribution in [-0.2, 0) is 0 Å². The molecule has 1 aliphatic heterocycles. The van der Waals surface area contributed by atoms with Crippen LogP contribution in [0.1, 0.15) is 41.0 Å². The van der Waals surface area contributed by atoms with E-state index in [1.807, 2.05) is 11.8 Å². The number of amides is 1. The lowest BCUT2D eigenvalue weighted by Gasteiger charge is -2.24. The Morgan fingerprint density at radius 2 is 1.88 bits per heavy atom. The minimum Gasteiger partial charge on any atom is -0.336 e. The van der Waals surface area contributed by atoms with Crippen molar-refractivity contribution in [1.82, 2.24) is 19.8 Å². The quantitative estimate of drug-likeness (QED) is 0.860. The second-order valence-corrected chi connectivity index (χ2v) is 6.80. The first-order valence-electron chi connectivity index (χ1n) is 8.98. The molecule has 0 spiro atoms. The predicted molar refractivity (Wildman–Crippen MR) is 98.6 cm³/mol. The molecule has 1 fully saturated rings. The van der Waals surface area contributed by atoms with Gasteiger partial charge in [-0.15, -0.1) is 0 Å². The molecule has 0 bridgehead atoms. The summed E-state index contributed by atoms with van der Waals surface area (Å²) in [5.41, 5.74) is 2.64. The van der Waals surface area contributed by atoms with E-state index in [4.69, 9.17) is 0 Å². The molecule has 1 aromatic carbocycles. The van der Waals surface area contributed by atoms with Gasteiger partial charge in [-0.1, -0.05) is 37.3 Å². The molecule has 0 saturated carbocycles. The van der Waals surface area contributed by atoms with Gasteiger partial charge in [0.15, 0.2) is 0 Å². The average molecular weight is 338 g/mol. The largest absolute Gasteiger partial charge is 0.336 e. The molecule has 132 valence electrons. The molecular weight excluding hydrogens is 312 g/mol. The second kappa shape index (κ2) is 8.21. The first kappa shape index (κ1) is 17.5. The summed E-state index contributed by atoms with van der Waals surface area (Å²) < 4.78 is 0. The van der Waals surface area contributed by atoms with Crippen molar-refractivity contribution >= 4 is 5.91 Å². The molecule has 1 atom stereocenters. The van der Waals surface area contributed by atoms with Crippen LogP contribution in [-0.4, -0.2) is 58.4 Å². The number of carbonyl (C=O) groups is 1. The Balaban J connectivity index is 1.57. The summed E-state index contributed by atoms with van der Waals surface area (Å²) in [5, 5.41) is 0. The van der Waals surface area contributed by atoms with Crippen molar-refractivity contribution in [2.45, 2.75) is 26.2 Å². The van der Waals surface area contributed by atoms with Gasteiger partial charge in [0, 0.05) is 32.4 Å².